The third-order valence-corrected chi connectivity index (χ3v) is 7.35. The van der Waals surface area contributed by atoms with Crippen LogP contribution in [-0.4, -0.2) is 22.0 Å². The van der Waals surface area contributed by atoms with Crippen LogP contribution in [0.4, 0.5) is 0 Å². The van der Waals surface area contributed by atoms with E-state index in [1.165, 1.54) is 0 Å². The molecule has 0 unspecified atom stereocenters. The van der Waals surface area contributed by atoms with Crippen molar-refractivity contribution in [2.45, 2.75) is 19.0 Å². The Morgan fingerprint density at radius 1 is 0.769 bits per heavy atom. The van der Waals surface area contributed by atoms with E-state index in [2.05, 4.69) is 36.9 Å². The Balaban J connectivity index is 1.52. The number of nitrogens with zero attached hydrogens (tertiary/aromatic N) is 1. The van der Waals surface area contributed by atoms with Gasteiger partial charge in [0.2, 0.25) is 0 Å². The Kier molecular flexibility index (Phi) is 8.02. The first-order valence-corrected chi connectivity index (χ1v) is 13.4. The molecular formula is C34H27Cl2NO2. The molecule has 0 aliphatic heterocycles. The van der Waals surface area contributed by atoms with Crippen molar-refractivity contribution in [2.24, 2.45) is 0 Å². The van der Waals surface area contributed by atoms with Crippen LogP contribution < -0.4 is 0 Å². The molecule has 0 fully saturated rings. The van der Waals surface area contributed by atoms with E-state index < -0.39 is 12.0 Å². The predicted octanol–water partition coefficient (Wildman–Crippen LogP) is 8.98. The summed E-state index contributed by atoms with van der Waals surface area (Å²) >= 11 is 12.6. The number of hydrogen-bond acceptors (Lipinski definition) is 2. The number of benzene rings is 5. The molecule has 0 aliphatic carbocycles. The highest BCUT2D eigenvalue weighted by atomic mass is 35.5. The lowest BCUT2D eigenvalue weighted by atomic mass is 9.97. The minimum absolute atomic E-state index is 0.294. The smallest absolute Gasteiger partial charge is 0.326 e. The molecule has 1 atom stereocenters. The van der Waals surface area contributed by atoms with Gasteiger partial charge in [0.1, 0.15) is 6.04 Å². The summed E-state index contributed by atoms with van der Waals surface area (Å²) in [5, 5.41) is 13.6. The van der Waals surface area contributed by atoms with Crippen molar-refractivity contribution in [3.63, 3.8) is 0 Å². The minimum atomic E-state index is -0.934. The summed E-state index contributed by atoms with van der Waals surface area (Å²) in [5.74, 6) is -0.934. The van der Waals surface area contributed by atoms with Crippen LogP contribution >= 0.6 is 23.2 Å². The van der Waals surface area contributed by atoms with Gasteiger partial charge in [0, 0.05) is 34.3 Å². The highest BCUT2D eigenvalue weighted by Crippen LogP contribution is 2.31. The summed E-state index contributed by atoms with van der Waals surface area (Å²) in [6.45, 7) is 4.68. The van der Waals surface area contributed by atoms with Crippen molar-refractivity contribution in [1.29, 1.82) is 0 Å². The van der Waals surface area contributed by atoms with Crippen LogP contribution in [-0.2, 0) is 17.8 Å². The summed E-state index contributed by atoms with van der Waals surface area (Å²) in [5.41, 5.74) is 5.34. The molecule has 3 nitrogen and oxygen atoms in total. The Labute approximate surface area is 238 Å². The largest absolute Gasteiger partial charge is 0.480 e. The van der Waals surface area contributed by atoms with Gasteiger partial charge in [-0.2, -0.15) is 0 Å². The van der Waals surface area contributed by atoms with Gasteiger partial charge in [-0.3, -0.25) is 0 Å². The van der Waals surface area contributed by atoms with Crippen LogP contribution in [0.5, 0.6) is 0 Å². The molecule has 5 heteroatoms. The number of carboxylic acids is 1. The molecule has 0 spiro atoms. The number of halogens is 2. The SMILES string of the molecule is C=C(c1cc(Cl)cc(Cl)c1)N(Cc1cccc2ccccc12)[C@H](Cc1ccc(-c2ccccc2)cc1)C(=O)O. The van der Waals surface area contributed by atoms with Crippen molar-refractivity contribution < 1.29 is 9.90 Å². The van der Waals surface area contributed by atoms with E-state index in [9.17, 15) is 9.90 Å². The number of fused-ring (bicyclic) bond motifs is 1. The maximum Gasteiger partial charge on any atom is 0.326 e. The van der Waals surface area contributed by atoms with E-state index in [1.807, 2.05) is 71.6 Å². The van der Waals surface area contributed by atoms with Crippen LogP contribution in [0.3, 0.4) is 0 Å². The minimum Gasteiger partial charge on any atom is -0.480 e. The van der Waals surface area contributed by atoms with Gasteiger partial charge < -0.3 is 10.0 Å². The van der Waals surface area contributed by atoms with Gasteiger partial charge in [-0.05, 0) is 51.2 Å². The number of carboxylic acid groups (broad SMARTS) is 1. The van der Waals surface area contributed by atoms with E-state index in [-0.39, 0.29) is 0 Å². The zero-order chi connectivity index (χ0) is 27.4. The average Bonchev–Trinajstić information content (AvgIpc) is 2.95. The quantitative estimate of drug-likeness (QED) is 0.198. The monoisotopic (exact) mass is 551 g/mol. The van der Waals surface area contributed by atoms with Crippen LogP contribution in [0, 0.1) is 0 Å². The summed E-state index contributed by atoms with van der Waals surface area (Å²) in [4.78, 5) is 14.7. The first-order chi connectivity index (χ1) is 18.9. The Hall–Kier alpha value is -4.05. The van der Waals surface area contributed by atoms with Gasteiger partial charge in [-0.25, -0.2) is 4.79 Å². The lowest BCUT2D eigenvalue weighted by Gasteiger charge is -2.33. The molecule has 0 radical (unpaired) electrons. The zero-order valence-electron chi connectivity index (χ0n) is 21.2. The summed E-state index contributed by atoms with van der Waals surface area (Å²) in [6.07, 6.45) is 0.294. The first kappa shape index (κ1) is 26.6. The summed E-state index contributed by atoms with van der Waals surface area (Å²) < 4.78 is 0. The highest BCUT2D eigenvalue weighted by molar-refractivity contribution is 6.34. The van der Waals surface area contributed by atoms with Crippen LogP contribution in [0.15, 0.2) is 122 Å². The molecule has 0 amide bonds. The summed E-state index contributed by atoms with van der Waals surface area (Å²) in [7, 11) is 0. The predicted molar refractivity (Wildman–Crippen MR) is 162 cm³/mol. The highest BCUT2D eigenvalue weighted by Gasteiger charge is 2.28. The maximum atomic E-state index is 12.8. The van der Waals surface area contributed by atoms with Gasteiger partial charge in [0.15, 0.2) is 0 Å². The molecule has 0 aromatic heterocycles. The number of rotatable bonds is 9. The molecule has 0 saturated heterocycles. The van der Waals surface area contributed by atoms with Gasteiger partial charge in [-0.1, -0.05) is 127 Å². The molecule has 39 heavy (non-hydrogen) atoms. The zero-order valence-corrected chi connectivity index (χ0v) is 22.7. The lowest BCUT2D eigenvalue weighted by molar-refractivity contribution is -0.142. The van der Waals surface area contributed by atoms with Gasteiger partial charge >= 0.3 is 5.97 Å². The number of carbonyl (C=O) groups is 1. The third-order valence-electron chi connectivity index (χ3n) is 6.91. The molecule has 0 bridgehead atoms. The van der Waals surface area contributed by atoms with Crippen LogP contribution in [0.1, 0.15) is 16.7 Å². The second-order valence-electron chi connectivity index (χ2n) is 9.49. The molecule has 194 valence electrons. The topological polar surface area (TPSA) is 40.5 Å². The van der Waals surface area contributed by atoms with Gasteiger partial charge in [0.05, 0.1) is 0 Å². The molecule has 0 saturated carbocycles. The Bertz CT molecular complexity index is 1610. The molecule has 5 rings (SSSR count). The molecule has 1 N–H and O–H groups in total. The molecule has 0 aliphatic rings. The van der Waals surface area contributed by atoms with Crippen molar-refractivity contribution in [3.8, 4) is 11.1 Å². The maximum absolute atomic E-state index is 12.8. The second-order valence-corrected chi connectivity index (χ2v) is 10.4. The average molecular weight is 553 g/mol. The fourth-order valence-electron chi connectivity index (χ4n) is 4.91. The van der Waals surface area contributed by atoms with Crippen LogP contribution in [0.25, 0.3) is 27.6 Å². The molecule has 5 aromatic carbocycles. The van der Waals surface area contributed by atoms with Gasteiger partial charge in [0.25, 0.3) is 0 Å². The van der Waals surface area contributed by atoms with E-state index in [0.717, 1.165) is 33.0 Å². The second kappa shape index (κ2) is 11.8. The molecule has 0 heterocycles. The molecule has 5 aromatic rings. The van der Waals surface area contributed by atoms with E-state index in [1.54, 1.807) is 18.2 Å². The van der Waals surface area contributed by atoms with E-state index in [4.69, 9.17) is 23.2 Å². The fraction of sp³-hybridized carbons (Fsp3) is 0.0882. The van der Waals surface area contributed by atoms with Crippen molar-refractivity contribution in [1.82, 2.24) is 4.90 Å². The number of aliphatic carboxylic acids is 1. The molecular weight excluding hydrogens is 525 g/mol. The Morgan fingerprint density at radius 2 is 1.38 bits per heavy atom. The lowest BCUT2D eigenvalue weighted by Crippen LogP contribution is -2.41. The standard InChI is InChI=1S/C34H27Cl2NO2/c1-23(29-19-30(35)21-31(36)20-29)37(22-28-12-7-11-27-10-5-6-13-32(27)28)33(34(38)39)18-24-14-16-26(17-15-24)25-8-3-2-4-9-25/h2-17,19-21,33H,1,18,22H2,(H,38,39)/t33-/m1/s1. The normalized spacial score (nSPS) is 11.7. The number of hydrogen-bond donors (Lipinski definition) is 1. The van der Waals surface area contributed by atoms with Crippen molar-refractivity contribution in [2.75, 3.05) is 0 Å². The van der Waals surface area contributed by atoms with E-state index >= 15 is 0 Å². The van der Waals surface area contributed by atoms with E-state index in [0.29, 0.717) is 34.3 Å². The Morgan fingerprint density at radius 3 is 2.08 bits per heavy atom. The van der Waals surface area contributed by atoms with Gasteiger partial charge in [-0.15, -0.1) is 0 Å². The van der Waals surface area contributed by atoms with Crippen molar-refractivity contribution >= 4 is 45.6 Å². The third kappa shape index (κ3) is 6.17. The van der Waals surface area contributed by atoms with Crippen LogP contribution in [0.2, 0.25) is 10.0 Å². The summed E-state index contributed by atoms with van der Waals surface area (Å²) in [6, 6.07) is 36.6. The van der Waals surface area contributed by atoms with Crippen molar-refractivity contribution in [3.05, 3.63) is 149 Å². The fourth-order valence-corrected chi connectivity index (χ4v) is 5.44. The first-order valence-electron chi connectivity index (χ1n) is 12.6.